The number of anilines is 4. The molecule has 0 radical (unpaired) electrons. The van der Waals surface area contributed by atoms with Crippen LogP contribution in [0.4, 0.5) is 36.4 Å². The van der Waals surface area contributed by atoms with Crippen molar-refractivity contribution in [3.05, 3.63) is 89.2 Å². The number of aromatic nitrogens is 4. The lowest BCUT2D eigenvalue weighted by molar-refractivity contribution is -0.137. The summed E-state index contributed by atoms with van der Waals surface area (Å²) in [6.45, 7) is 0. The number of carbonyl (C=O) groups excluding carboxylic acids is 1. The number of hydrogen-bond donors (Lipinski definition) is 3. The Kier molecular flexibility index (Phi) is 7.39. The van der Waals surface area contributed by atoms with E-state index in [0.717, 1.165) is 29.1 Å². The van der Waals surface area contributed by atoms with Crippen LogP contribution in [-0.2, 0) is 23.8 Å². The first-order chi connectivity index (χ1) is 18.3. The van der Waals surface area contributed by atoms with Crippen LogP contribution in [0, 0.1) is 0 Å². The molecule has 3 N–H and O–H groups in total. The van der Waals surface area contributed by atoms with Gasteiger partial charge in [-0.15, -0.1) is 0 Å². The molecule has 4 aromatic rings. The smallest absolute Gasteiger partial charge is 0.324 e. The van der Waals surface area contributed by atoms with E-state index in [1.165, 1.54) is 37.8 Å². The SMILES string of the molecule is O=C(Cc1ccc(Nc2nccc(Nc3cc(C4CCCC4)[nH]n3)n2)cc1)Cc1cccc(C(F)(F)F)c1. The molecule has 1 aliphatic carbocycles. The molecular weight excluding hydrogens is 493 g/mol. The molecule has 0 bridgehead atoms. The van der Waals surface area contributed by atoms with Gasteiger partial charge < -0.3 is 10.6 Å². The molecule has 2 aromatic heterocycles. The summed E-state index contributed by atoms with van der Waals surface area (Å²) in [6.07, 6.45) is 2.16. The van der Waals surface area contributed by atoms with Crippen LogP contribution in [0.25, 0.3) is 0 Å². The molecule has 1 aliphatic rings. The lowest BCUT2D eigenvalue weighted by atomic mass is 10.0. The van der Waals surface area contributed by atoms with Crippen LogP contribution in [0.3, 0.4) is 0 Å². The van der Waals surface area contributed by atoms with Crippen molar-refractivity contribution in [2.45, 2.75) is 50.6 Å². The quantitative estimate of drug-likeness (QED) is 0.227. The largest absolute Gasteiger partial charge is 0.416 e. The summed E-state index contributed by atoms with van der Waals surface area (Å²) >= 11 is 0. The maximum absolute atomic E-state index is 12.9. The maximum atomic E-state index is 12.9. The fraction of sp³-hybridized carbons (Fsp3) is 0.286. The Morgan fingerprint density at radius 3 is 2.45 bits per heavy atom. The second kappa shape index (κ2) is 11.0. The number of Topliss-reactive ketones (excluding diaryl/α,β-unsaturated/α-hetero) is 1. The Morgan fingerprint density at radius 1 is 0.921 bits per heavy atom. The molecule has 10 heteroatoms. The molecule has 1 saturated carbocycles. The highest BCUT2D eigenvalue weighted by molar-refractivity contribution is 5.83. The molecule has 0 amide bonds. The number of nitrogens with zero attached hydrogens (tertiary/aromatic N) is 3. The minimum atomic E-state index is -4.43. The van der Waals surface area contributed by atoms with Gasteiger partial charge in [-0.2, -0.15) is 23.3 Å². The summed E-state index contributed by atoms with van der Waals surface area (Å²) in [5.74, 6) is 2.08. The van der Waals surface area contributed by atoms with E-state index in [0.29, 0.717) is 29.1 Å². The molecule has 2 heterocycles. The lowest BCUT2D eigenvalue weighted by Crippen LogP contribution is -2.09. The summed E-state index contributed by atoms with van der Waals surface area (Å²) in [6, 6.07) is 15.9. The van der Waals surface area contributed by atoms with Gasteiger partial charge in [0.25, 0.3) is 0 Å². The fourth-order valence-electron chi connectivity index (χ4n) is 4.68. The Hall–Kier alpha value is -4.21. The van der Waals surface area contributed by atoms with Gasteiger partial charge in [-0.1, -0.05) is 43.2 Å². The first-order valence-corrected chi connectivity index (χ1v) is 12.5. The molecule has 0 spiro atoms. The predicted octanol–water partition coefficient (Wildman–Crippen LogP) is 6.72. The molecule has 7 nitrogen and oxygen atoms in total. The van der Waals surface area contributed by atoms with Gasteiger partial charge in [0.1, 0.15) is 11.6 Å². The Labute approximate surface area is 217 Å². The maximum Gasteiger partial charge on any atom is 0.416 e. The third kappa shape index (κ3) is 6.56. The van der Waals surface area contributed by atoms with E-state index in [-0.39, 0.29) is 18.6 Å². The van der Waals surface area contributed by atoms with Gasteiger partial charge in [0, 0.05) is 42.4 Å². The van der Waals surface area contributed by atoms with Crippen molar-refractivity contribution in [2.75, 3.05) is 10.6 Å². The van der Waals surface area contributed by atoms with Gasteiger partial charge in [-0.05, 0) is 48.2 Å². The number of rotatable bonds is 9. The third-order valence-electron chi connectivity index (χ3n) is 6.57. The van der Waals surface area contributed by atoms with Gasteiger partial charge >= 0.3 is 6.18 Å². The van der Waals surface area contributed by atoms with Crippen molar-refractivity contribution in [1.29, 1.82) is 0 Å². The van der Waals surface area contributed by atoms with E-state index < -0.39 is 11.7 Å². The number of hydrogen-bond acceptors (Lipinski definition) is 6. The second-order valence-corrected chi connectivity index (χ2v) is 9.49. The minimum absolute atomic E-state index is 0.0598. The number of carbonyl (C=O) groups is 1. The zero-order valence-corrected chi connectivity index (χ0v) is 20.6. The average Bonchev–Trinajstić information content (AvgIpc) is 3.58. The van der Waals surface area contributed by atoms with Crippen LogP contribution < -0.4 is 10.6 Å². The molecular formula is C28H27F3N6O. The highest BCUT2D eigenvalue weighted by Gasteiger charge is 2.30. The molecule has 0 aliphatic heterocycles. The van der Waals surface area contributed by atoms with E-state index in [9.17, 15) is 18.0 Å². The molecule has 2 aromatic carbocycles. The van der Waals surface area contributed by atoms with E-state index in [4.69, 9.17) is 0 Å². The van der Waals surface area contributed by atoms with Crippen LogP contribution in [0.5, 0.6) is 0 Å². The highest BCUT2D eigenvalue weighted by atomic mass is 19.4. The number of halogens is 3. The topological polar surface area (TPSA) is 95.6 Å². The average molecular weight is 521 g/mol. The number of benzene rings is 2. The standard InChI is InChI=1S/C28H27F3N6O/c29-28(30,31)21-7-3-4-19(14-21)16-23(38)15-18-8-10-22(11-9-18)33-27-32-13-12-25(35-27)34-26-17-24(36-37-26)20-5-1-2-6-20/h3-4,7-14,17,20H,1-2,5-6,15-16H2,(H3,32,33,34,35,36,37). The minimum Gasteiger partial charge on any atom is -0.324 e. The Bertz CT molecular complexity index is 1390. The van der Waals surface area contributed by atoms with E-state index in [2.05, 4.69) is 30.8 Å². The summed E-state index contributed by atoms with van der Waals surface area (Å²) < 4.78 is 38.7. The van der Waals surface area contributed by atoms with Crippen molar-refractivity contribution < 1.29 is 18.0 Å². The molecule has 5 rings (SSSR count). The van der Waals surface area contributed by atoms with Gasteiger partial charge in [0.05, 0.1) is 5.56 Å². The van der Waals surface area contributed by atoms with Crippen LogP contribution in [0.1, 0.15) is 54.0 Å². The van der Waals surface area contributed by atoms with Crippen molar-refractivity contribution >= 4 is 29.1 Å². The highest BCUT2D eigenvalue weighted by Crippen LogP contribution is 2.34. The Morgan fingerprint density at radius 2 is 1.68 bits per heavy atom. The molecule has 1 fully saturated rings. The molecule has 0 unspecified atom stereocenters. The summed E-state index contributed by atoms with van der Waals surface area (Å²) in [4.78, 5) is 21.2. The summed E-state index contributed by atoms with van der Waals surface area (Å²) in [5, 5.41) is 13.8. The van der Waals surface area contributed by atoms with Crippen LogP contribution in [-0.4, -0.2) is 25.9 Å². The number of nitrogens with one attached hydrogen (secondary N) is 3. The molecule has 196 valence electrons. The van der Waals surface area contributed by atoms with Gasteiger partial charge in [-0.3, -0.25) is 9.89 Å². The van der Waals surface area contributed by atoms with Gasteiger partial charge in [-0.25, -0.2) is 4.98 Å². The first-order valence-electron chi connectivity index (χ1n) is 12.5. The predicted molar refractivity (Wildman–Crippen MR) is 139 cm³/mol. The normalized spacial score (nSPS) is 14.0. The summed E-state index contributed by atoms with van der Waals surface area (Å²) in [7, 11) is 0. The molecule has 38 heavy (non-hydrogen) atoms. The fourth-order valence-corrected chi connectivity index (χ4v) is 4.68. The third-order valence-corrected chi connectivity index (χ3v) is 6.57. The van der Waals surface area contributed by atoms with Crippen LogP contribution >= 0.6 is 0 Å². The monoisotopic (exact) mass is 520 g/mol. The number of ketones is 1. The molecule has 0 saturated heterocycles. The van der Waals surface area contributed by atoms with Crippen molar-refractivity contribution in [3.8, 4) is 0 Å². The van der Waals surface area contributed by atoms with Gasteiger partial charge in [0.15, 0.2) is 5.82 Å². The summed E-state index contributed by atoms with van der Waals surface area (Å²) in [5.41, 5.74) is 2.24. The Balaban J connectivity index is 1.16. The zero-order chi connectivity index (χ0) is 26.5. The number of H-pyrrole nitrogens is 1. The molecule has 0 atom stereocenters. The number of alkyl halides is 3. The van der Waals surface area contributed by atoms with Crippen LogP contribution in [0.15, 0.2) is 66.9 Å². The van der Waals surface area contributed by atoms with Crippen molar-refractivity contribution in [1.82, 2.24) is 20.2 Å². The van der Waals surface area contributed by atoms with Crippen molar-refractivity contribution in [3.63, 3.8) is 0 Å². The van der Waals surface area contributed by atoms with E-state index in [1.807, 2.05) is 6.07 Å². The van der Waals surface area contributed by atoms with E-state index >= 15 is 0 Å². The lowest BCUT2D eigenvalue weighted by Gasteiger charge is -2.09. The number of aromatic amines is 1. The first kappa shape index (κ1) is 25.4. The zero-order valence-electron chi connectivity index (χ0n) is 20.6. The van der Waals surface area contributed by atoms with E-state index in [1.54, 1.807) is 36.5 Å². The second-order valence-electron chi connectivity index (χ2n) is 9.49. The van der Waals surface area contributed by atoms with Crippen LogP contribution in [0.2, 0.25) is 0 Å². The van der Waals surface area contributed by atoms with Gasteiger partial charge in [0.2, 0.25) is 5.95 Å². The van der Waals surface area contributed by atoms with Crippen molar-refractivity contribution in [2.24, 2.45) is 0 Å².